The van der Waals surface area contributed by atoms with Gasteiger partial charge in [0.1, 0.15) is 0 Å². The van der Waals surface area contributed by atoms with E-state index in [4.69, 9.17) is 0 Å². The van der Waals surface area contributed by atoms with E-state index in [-0.39, 0.29) is 0 Å². The van der Waals surface area contributed by atoms with Crippen LogP contribution in [0.4, 0.5) is 0 Å². The molecule has 2 fully saturated rings. The summed E-state index contributed by atoms with van der Waals surface area (Å²) >= 11 is 0. The van der Waals surface area contributed by atoms with Gasteiger partial charge >= 0.3 is 0 Å². The predicted octanol–water partition coefficient (Wildman–Crippen LogP) is 2.89. The lowest BCUT2D eigenvalue weighted by Crippen LogP contribution is -2.37. The van der Waals surface area contributed by atoms with E-state index in [9.17, 15) is 0 Å². The van der Waals surface area contributed by atoms with Crippen molar-refractivity contribution in [2.45, 2.75) is 65.0 Å². The minimum absolute atomic E-state index is 0.635. The molecule has 0 amide bonds. The van der Waals surface area contributed by atoms with Gasteiger partial charge in [0.25, 0.3) is 0 Å². The molecule has 2 atom stereocenters. The molecule has 1 heterocycles. The van der Waals surface area contributed by atoms with Gasteiger partial charge in [-0.1, -0.05) is 26.7 Å². The van der Waals surface area contributed by atoms with Gasteiger partial charge in [0, 0.05) is 18.6 Å². The van der Waals surface area contributed by atoms with Crippen molar-refractivity contribution in [2.75, 3.05) is 19.6 Å². The monoisotopic (exact) mass is 238 g/mol. The van der Waals surface area contributed by atoms with Gasteiger partial charge in [0.05, 0.1) is 0 Å². The maximum absolute atomic E-state index is 3.59. The van der Waals surface area contributed by atoms with Crippen LogP contribution in [-0.4, -0.2) is 36.6 Å². The molecule has 2 rings (SSSR count). The SMILES string of the molecule is CC(C)NCC1CCN(C(C)C2CCCC2)C1. The van der Waals surface area contributed by atoms with E-state index in [1.54, 1.807) is 0 Å². The number of likely N-dealkylation sites (tertiary alicyclic amines) is 1. The lowest BCUT2D eigenvalue weighted by Gasteiger charge is -2.29. The second-order valence-electron chi connectivity index (χ2n) is 6.50. The second kappa shape index (κ2) is 6.19. The van der Waals surface area contributed by atoms with Gasteiger partial charge in [-0.15, -0.1) is 0 Å². The molecule has 0 spiro atoms. The molecule has 2 nitrogen and oxygen atoms in total. The lowest BCUT2D eigenvalue weighted by molar-refractivity contribution is 0.184. The number of nitrogens with one attached hydrogen (secondary N) is 1. The van der Waals surface area contributed by atoms with Crippen LogP contribution in [-0.2, 0) is 0 Å². The molecule has 2 heteroatoms. The van der Waals surface area contributed by atoms with E-state index < -0.39 is 0 Å². The van der Waals surface area contributed by atoms with Gasteiger partial charge in [-0.05, 0) is 51.1 Å². The van der Waals surface area contributed by atoms with Crippen LogP contribution in [0.5, 0.6) is 0 Å². The van der Waals surface area contributed by atoms with Crippen molar-refractivity contribution in [1.82, 2.24) is 10.2 Å². The zero-order chi connectivity index (χ0) is 12.3. The van der Waals surface area contributed by atoms with E-state index in [0.717, 1.165) is 17.9 Å². The molecule has 0 radical (unpaired) electrons. The molecule has 1 saturated carbocycles. The highest BCUT2D eigenvalue weighted by atomic mass is 15.2. The fourth-order valence-corrected chi connectivity index (χ4v) is 3.54. The van der Waals surface area contributed by atoms with Gasteiger partial charge in [-0.25, -0.2) is 0 Å². The summed E-state index contributed by atoms with van der Waals surface area (Å²) in [6, 6.07) is 1.47. The Balaban J connectivity index is 1.72. The third kappa shape index (κ3) is 3.69. The zero-order valence-electron chi connectivity index (χ0n) is 11.9. The van der Waals surface area contributed by atoms with E-state index in [1.807, 2.05) is 0 Å². The molecule has 0 aromatic carbocycles. The van der Waals surface area contributed by atoms with Gasteiger partial charge < -0.3 is 10.2 Å². The average Bonchev–Trinajstić information content (AvgIpc) is 2.97. The molecule has 1 aliphatic carbocycles. The van der Waals surface area contributed by atoms with Crippen molar-refractivity contribution in [3.05, 3.63) is 0 Å². The van der Waals surface area contributed by atoms with Crippen molar-refractivity contribution in [3.8, 4) is 0 Å². The molecule has 17 heavy (non-hydrogen) atoms. The van der Waals surface area contributed by atoms with Crippen LogP contribution in [0.3, 0.4) is 0 Å². The summed E-state index contributed by atoms with van der Waals surface area (Å²) in [5.41, 5.74) is 0. The summed E-state index contributed by atoms with van der Waals surface area (Å²) in [6.07, 6.45) is 7.30. The number of nitrogens with zero attached hydrogens (tertiary/aromatic N) is 1. The first kappa shape index (κ1) is 13.4. The van der Waals surface area contributed by atoms with Crippen LogP contribution in [0.15, 0.2) is 0 Å². The molecule has 0 aromatic rings. The summed E-state index contributed by atoms with van der Waals surface area (Å²) in [6.45, 7) is 10.8. The third-order valence-corrected chi connectivity index (χ3v) is 4.79. The quantitative estimate of drug-likeness (QED) is 0.792. The first-order chi connectivity index (χ1) is 8.16. The first-order valence-electron chi connectivity index (χ1n) is 7.64. The summed E-state index contributed by atoms with van der Waals surface area (Å²) in [4.78, 5) is 2.75. The molecule has 0 aromatic heterocycles. The second-order valence-corrected chi connectivity index (χ2v) is 6.50. The largest absolute Gasteiger partial charge is 0.314 e. The average molecular weight is 238 g/mol. The van der Waals surface area contributed by atoms with Crippen molar-refractivity contribution >= 4 is 0 Å². The first-order valence-corrected chi connectivity index (χ1v) is 7.64. The van der Waals surface area contributed by atoms with Crippen molar-refractivity contribution in [3.63, 3.8) is 0 Å². The Hall–Kier alpha value is -0.0800. The molecule has 1 saturated heterocycles. The minimum atomic E-state index is 0.635. The molecule has 2 unspecified atom stereocenters. The topological polar surface area (TPSA) is 15.3 Å². The molecular weight excluding hydrogens is 208 g/mol. The van der Waals surface area contributed by atoms with Crippen LogP contribution >= 0.6 is 0 Å². The third-order valence-electron chi connectivity index (χ3n) is 4.79. The van der Waals surface area contributed by atoms with Gasteiger partial charge in [-0.2, -0.15) is 0 Å². The molecule has 0 bridgehead atoms. The Morgan fingerprint density at radius 3 is 2.47 bits per heavy atom. The predicted molar refractivity (Wildman–Crippen MR) is 74.2 cm³/mol. The van der Waals surface area contributed by atoms with Crippen LogP contribution in [0, 0.1) is 11.8 Å². The Bertz CT molecular complexity index is 221. The van der Waals surface area contributed by atoms with Crippen LogP contribution in [0.25, 0.3) is 0 Å². The van der Waals surface area contributed by atoms with Gasteiger partial charge in [0.15, 0.2) is 0 Å². The number of rotatable bonds is 5. The van der Waals surface area contributed by atoms with Gasteiger partial charge in [-0.3, -0.25) is 0 Å². The summed E-state index contributed by atoms with van der Waals surface area (Å²) < 4.78 is 0. The van der Waals surface area contributed by atoms with Crippen molar-refractivity contribution < 1.29 is 0 Å². The molecule has 100 valence electrons. The fraction of sp³-hybridized carbons (Fsp3) is 1.00. The fourth-order valence-electron chi connectivity index (χ4n) is 3.54. The lowest BCUT2D eigenvalue weighted by atomic mass is 9.98. The number of hydrogen-bond donors (Lipinski definition) is 1. The van der Waals surface area contributed by atoms with Crippen LogP contribution < -0.4 is 5.32 Å². The number of hydrogen-bond acceptors (Lipinski definition) is 2. The van der Waals surface area contributed by atoms with Crippen LogP contribution in [0.2, 0.25) is 0 Å². The molecule has 1 aliphatic heterocycles. The maximum atomic E-state index is 3.59. The highest BCUT2D eigenvalue weighted by molar-refractivity contribution is 4.86. The van der Waals surface area contributed by atoms with E-state index >= 15 is 0 Å². The highest BCUT2D eigenvalue weighted by Gasteiger charge is 2.31. The normalized spacial score (nSPS) is 29.3. The molecule has 1 N–H and O–H groups in total. The Morgan fingerprint density at radius 1 is 1.12 bits per heavy atom. The smallest absolute Gasteiger partial charge is 0.00953 e. The summed E-state index contributed by atoms with van der Waals surface area (Å²) in [7, 11) is 0. The van der Waals surface area contributed by atoms with E-state index in [1.165, 1.54) is 51.7 Å². The van der Waals surface area contributed by atoms with Gasteiger partial charge in [0.2, 0.25) is 0 Å². The Kier molecular flexibility index (Phi) is 4.87. The Morgan fingerprint density at radius 2 is 1.82 bits per heavy atom. The summed E-state index contributed by atoms with van der Waals surface area (Å²) in [5, 5.41) is 3.59. The minimum Gasteiger partial charge on any atom is -0.314 e. The van der Waals surface area contributed by atoms with E-state index in [0.29, 0.717) is 6.04 Å². The van der Waals surface area contributed by atoms with E-state index in [2.05, 4.69) is 31.0 Å². The van der Waals surface area contributed by atoms with Crippen molar-refractivity contribution in [2.24, 2.45) is 11.8 Å². The standard InChI is InChI=1S/C15H30N2/c1-12(2)16-10-14-8-9-17(11-14)13(3)15-6-4-5-7-15/h12-16H,4-11H2,1-3H3. The van der Waals surface area contributed by atoms with Crippen molar-refractivity contribution in [1.29, 1.82) is 0 Å². The van der Waals surface area contributed by atoms with Crippen LogP contribution in [0.1, 0.15) is 52.9 Å². The molecular formula is C15H30N2. The maximum Gasteiger partial charge on any atom is 0.00953 e. The zero-order valence-corrected chi connectivity index (χ0v) is 11.9. The molecule has 2 aliphatic rings. The highest BCUT2D eigenvalue weighted by Crippen LogP contribution is 2.32. The Labute approximate surface area is 107 Å². The summed E-state index contributed by atoms with van der Waals surface area (Å²) in [5.74, 6) is 1.88.